The van der Waals surface area contributed by atoms with Crippen LogP contribution in [0.5, 0.6) is 0 Å². The molecule has 1 fully saturated rings. The van der Waals surface area contributed by atoms with Crippen LogP contribution in [0.1, 0.15) is 60.4 Å². The molecule has 3 rings (SSSR count). The third kappa shape index (κ3) is 3.95. The van der Waals surface area contributed by atoms with E-state index in [1.807, 2.05) is 13.8 Å². The Labute approximate surface area is 146 Å². The number of benzene rings is 1. The number of Topliss-reactive ketones (excluding diaryl/α,β-unsaturated/α-hetero) is 1. The summed E-state index contributed by atoms with van der Waals surface area (Å²) in [6, 6.07) is 7.08. The fourth-order valence-electron chi connectivity index (χ4n) is 2.73. The molecule has 6 heteroatoms. The minimum atomic E-state index is -0.269. The summed E-state index contributed by atoms with van der Waals surface area (Å²) in [4.78, 5) is 12.3. The van der Waals surface area contributed by atoms with Gasteiger partial charge in [-0.25, -0.2) is 4.39 Å². The lowest BCUT2D eigenvalue weighted by Crippen LogP contribution is -2.10. The van der Waals surface area contributed by atoms with E-state index in [1.54, 1.807) is 29.1 Å². The first-order chi connectivity index (χ1) is 12.1. The summed E-state index contributed by atoms with van der Waals surface area (Å²) in [6.45, 7) is 4.11. The van der Waals surface area contributed by atoms with Gasteiger partial charge in [-0.05, 0) is 25.3 Å². The third-order valence-corrected chi connectivity index (χ3v) is 4.32. The van der Waals surface area contributed by atoms with E-state index >= 15 is 0 Å². The number of hydrogen-bond acceptors (Lipinski definition) is 4. The zero-order valence-electron chi connectivity index (χ0n) is 14.6. The lowest BCUT2D eigenvalue weighted by atomic mass is 10.1. The predicted molar refractivity (Wildman–Crippen MR) is 95.5 cm³/mol. The maximum Gasteiger partial charge on any atom is 0.183 e. The van der Waals surface area contributed by atoms with Crippen LogP contribution in [0, 0.1) is 5.82 Å². The molecule has 0 unspecified atom stereocenters. The molecule has 1 N–H and O–H groups in total. The standard InChI is InChI=1S/C19H23FN4O/c1-3-17-15(11-21-22-14-9-10-14)19(18(25)4-2)23-24(17)12-13-7-5-6-8-16(13)20/h5-8,11,14,22H,3-4,9-10,12H2,1-2H3/b21-11+. The number of hydrazone groups is 1. The lowest BCUT2D eigenvalue weighted by Gasteiger charge is -2.07. The Balaban J connectivity index is 1.96. The molecule has 0 spiro atoms. The van der Waals surface area contributed by atoms with Crippen LogP contribution in [0.3, 0.4) is 0 Å². The molecule has 132 valence electrons. The molecule has 1 aliphatic carbocycles. The average Bonchev–Trinajstić information content (AvgIpc) is 3.38. The van der Waals surface area contributed by atoms with Crippen LogP contribution in [0.4, 0.5) is 4.39 Å². The number of rotatable bonds is 8. The van der Waals surface area contributed by atoms with Gasteiger partial charge in [0.05, 0.1) is 12.8 Å². The van der Waals surface area contributed by atoms with Gasteiger partial charge in [-0.3, -0.25) is 9.48 Å². The van der Waals surface area contributed by atoms with E-state index in [1.165, 1.54) is 6.07 Å². The van der Waals surface area contributed by atoms with Crippen molar-refractivity contribution >= 4 is 12.0 Å². The molecule has 5 nitrogen and oxygen atoms in total. The molecular weight excluding hydrogens is 319 g/mol. The number of aromatic nitrogens is 2. The Morgan fingerprint density at radius 1 is 1.40 bits per heavy atom. The number of halogens is 1. The first kappa shape index (κ1) is 17.3. The average molecular weight is 342 g/mol. The molecule has 1 aliphatic rings. The second kappa shape index (κ2) is 7.59. The summed E-state index contributed by atoms with van der Waals surface area (Å²) in [5.41, 5.74) is 5.66. The van der Waals surface area contributed by atoms with Gasteiger partial charge in [0, 0.05) is 29.3 Å². The predicted octanol–water partition coefficient (Wildman–Crippen LogP) is 3.31. The Bertz CT molecular complexity index is 793. The fourth-order valence-corrected chi connectivity index (χ4v) is 2.73. The summed E-state index contributed by atoms with van der Waals surface area (Å²) in [7, 11) is 0. The van der Waals surface area contributed by atoms with Crippen LogP contribution < -0.4 is 5.43 Å². The second-order valence-electron chi connectivity index (χ2n) is 6.25. The van der Waals surface area contributed by atoms with E-state index in [0.717, 1.165) is 24.1 Å². The largest absolute Gasteiger partial charge is 0.307 e. The SMILES string of the molecule is CCC(=O)c1nn(Cc2ccccc2F)c(CC)c1/C=N/NC1CC1. The molecule has 1 heterocycles. The molecule has 0 bridgehead atoms. The number of carbonyl (C=O) groups is 1. The minimum absolute atomic E-state index is 0.0325. The van der Waals surface area contributed by atoms with Crippen molar-refractivity contribution in [3.8, 4) is 0 Å². The fraction of sp³-hybridized carbons (Fsp3) is 0.421. The number of hydrogen-bond donors (Lipinski definition) is 1. The highest BCUT2D eigenvalue weighted by Gasteiger charge is 2.22. The third-order valence-electron chi connectivity index (χ3n) is 4.32. The van der Waals surface area contributed by atoms with Gasteiger partial charge in [0.1, 0.15) is 11.5 Å². The maximum absolute atomic E-state index is 14.0. The molecule has 0 radical (unpaired) electrons. The van der Waals surface area contributed by atoms with E-state index in [0.29, 0.717) is 36.7 Å². The van der Waals surface area contributed by atoms with Gasteiger partial charge >= 0.3 is 0 Å². The minimum Gasteiger partial charge on any atom is -0.307 e. The number of carbonyl (C=O) groups excluding carboxylic acids is 1. The first-order valence-electron chi connectivity index (χ1n) is 8.78. The van der Waals surface area contributed by atoms with Crippen molar-refractivity contribution in [3.63, 3.8) is 0 Å². The monoisotopic (exact) mass is 342 g/mol. The van der Waals surface area contributed by atoms with Gasteiger partial charge in [0.2, 0.25) is 0 Å². The molecule has 2 aromatic rings. The van der Waals surface area contributed by atoms with Crippen molar-refractivity contribution in [3.05, 3.63) is 52.6 Å². The highest BCUT2D eigenvalue weighted by molar-refractivity contribution is 6.02. The Hall–Kier alpha value is -2.50. The van der Waals surface area contributed by atoms with E-state index < -0.39 is 0 Å². The molecule has 1 aromatic heterocycles. The summed E-state index contributed by atoms with van der Waals surface area (Å²) >= 11 is 0. The van der Waals surface area contributed by atoms with Crippen LogP contribution in [-0.4, -0.2) is 27.8 Å². The van der Waals surface area contributed by atoms with Crippen LogP contribution >= 0.6 is 0 Å². The Kier molecular flexibility index (Phi) is 5.26. The smallest absolute Gasteiger partial charge is 0.183 e. The molecule has 0 atom stereocenters. The topological polar surface area (TPSA) is 59.3 Å². The summed E-state index contributed by atoms with van der Waals surface area (Å²) in [5.74, 6) is -0.302. The van der Waals surface area contributed by atoms with Gasteiger partial charge in [-0.15, -0.1) is 0 Å². The highest BCUT2D eigenvalue weighted by Crippen LogP contribution is 2.20. The summed E-state index contributed by atoms with van der Waals surface area (Å²) < 4.78 is 15.7. The molecule has 25 heavy (non-hydrogen) atoms. The molecule has 0 aliphatic heterocycles. The normalized spacial score (nSPS) is 14.2. The van der Waals surface area contributed by atoms with Gasteiger partial charge in [0.15, 0.2) is 5.78 Å². The van der Waals surface area contributed by atoms with E-state index in [2.05, 4.69) is 15.6 Å². The van der Waals surface area contributed by atoms with Gasteiger partial charge in [0.25, 0.3) is 0 Å². The van der Waals surface area contributed by atoms with Crippen LogP contribution in [-0.2, 0) is 13.0 Å². The lowest BCUT2D eigenvalue weighted by molar-refractivity contribution is 0.0982. The van der Waals surface area contributed by atoms with E-state index in [-0.39, 0.29) is 11.6 Å². The van der Waals surface area contributed by atoms with Crippen LogP contribution in [0.25, 0.3) is 0 Å². The first-order valence-corrected chi connectivity index (χ1v) is 8.78. The highest BCUT2D eigenvalue weighted by atomic mass is 19.1. The van der Waals surface area contributed by atoms with Crippen molar-refractivity contribution in [2.24, 2.45) is 5.10 Å². The number of nitrogens with zero attached hydrogens (tertiary/aromatic N) is 3. The van der Waals surface area contributed by atoms with Crippen molar-refractivity contribution in [2.45, 2.75) is 52.1 Å². The molecule has 0 saturated heterocycles. The summed E-state index contributed by atoms with van der Waals surface area (Å²) in [6.07, 6.45) is 5.00. The molecular formula is C19H23FN4O. The van der Waals surface area contributed by atoms with Gasteiger partial charge < -0.3 is 5.43 Å². The zero-order chi connectivity index (χ0) is 17.8. The molecule has 1 aromatic carbocycles. The van der Waals surface area contributed by atoms with Crippen molar-refractivity contribution in [2.75, 3.05) is 0 Å². The van der Waals surface area contributed by atoms with Crippen LogP contribution in [0.15, 0.2) is 29.4 Å². The molecule has 1 saturated carbocycles. The van der Waals surface area contributed by atoms with Gasteiger partial charge in [-0.2, -0.15) is 10.2 Å². The number of ketones is 1. The quantitative estimate of drug-likeness (QED) is 0.455. The van der Waals surface area contributed by atoms with Crippen LogP contribution in [0.2, 0.25) is 0 Å². The second-order valence-corrected chi connectivity index (χ2v) is 6.25. The number of nitrogens with one attached hydrogen (secondary N) is 1. The Morgan fingerprint density at radius 2 is 2.16 bits per heavy atom. The summed E-state index contributed by atoms with van der Waals surface area (Å²) in [5, 5.41) is 8.76. The van der Waals surface area contributed by atoms with E-state index in [4.69, 9.17) is 0 Å². The van der Waals surface area contributed by atoms with Crippen molar-refractivity contribution in [1.29, 1.82) is 0 Å². The zero-order valence-corrected chi connectivity index (χ0v) is 14.6. The Morgan fingerprint density at radius 3 is 2.80 bits per heavy atom. The van der Waals surface area contributed by atoms with Gasteiger partial charge in [-0.1, -0.05) is 32.0 Å². The van der Waals surface area contributed by atoms with E-state index in [9.17, 15) is 9.18 Å². The molecule has 0 amide bonds. The van der Waals surface area contributed by atoms with Crippen molar-refractivity contribution in [1.82, 2.24) is 15.2 Å². The maximum atomic E-state index is 14.0. The van der Waals surface area contributed by atoms with Crippen molar-refractivity contribution < 1.29 is 9.18 Å².